The van der Waals surface area contributed by atoms with Gasteiger partial charge in [0.15, 0.2) is 0 Å². The Bertz CT molecular complexity index is 323. The third kappa shape index (κ3) is 2.94. The molecule has 1 heterocycles. The van der Waals surface area contributed by atoms with Gasteiger partial charge < -0.3 is 4.90 Å². The molecular formula is C12H19BrN2. The Labute approximate surface area is 101 Å². The SMILES string of the molecule is CCCN(c1nccc(C)c1Br)C(C)C. The monoisotopic (exact) mass is 270 g/mol. The highest BCUT2D eigenvalue weighted by Crippen LogP contribution is 2.28. The fourth-order valence-electron chi connectivity index (χ4n) is 1.58. The van der Waals surface area contributed by atoms with E-state index in [4.69, 9.17) is 0 Å². The Morgan fingerprint density at radius 3 is 2.67 bits per heavy atom. The Morgan fingerprint density at radius 1 is 1.47 bits per heavy atom. The lowest BCUT2D eigenvalue weighted by molar-refractivity contribution is 0.660. The molecule has 1 aromatic rings. The zero-order valence-electron chi connectivity index (χ0n) is 9.92. The number of nitrogens with zero attached hydrogens (tertiary/aromatic N) is 2. The summed E-state index contributed by atoms with van der Waals surface area (Å²) >= 11 is 3.61. The van der Waals surface area contributed by atoms with Crippen molar-refractivity contribution in [3.8, 4) is 0 Å². The molecule has 0 unspecified atom stereocenters. The van der Waals surface area contributed by atoms with Crippen molar-refractivity contribution in [2.75, 3.05) is 11.4 Å². The molecule has 0 amide bonds. The Kier molecular flexibility index (Phi) is 4.58. The van der Waals surface area contributed by atoms with Crippen LogP contribution in [0.3, 0.4) is 0 Å². The van der Waals surface area contributed by atoms with E-state index in [-0.39, 0.29) is 0 Å². The molecule has 3 heteroatoms. The van der Waals surface area contributed by atoms with E-state index in [0.29, 0.717) is 6.04 Å². The molecule has 15 heavy (non-hydrogen) atoms. The minimum absolute atomic E-state index is 0.482. The largest absolute Gasteiger partial charge is 0.353 e. The Balaban J connectivity index is 3.05. The lowest BCUT2D eigenvalue weighted by atomic mass is 10.2. The first-order valence-electron chi connectivity index (χ1n) is 5.45. The zero-order chi connectivity index (χ0) is 11.4. The fourth-order valence-corrected chi connectivity index (χ4v) is 2.04. The molecule has 84 valence electrons. The van der Waals surface area contributed by atoms with Crippen molar-refractivity contribution in [1.29, 1.82) is 0 Å². The first-order chi connectivity index (χ1) is 7.07. The number of hydrogen-bond acceptors (Lipinski definition) is 2. The predicted octanol–water partition coefficient (Wildman–Crippen LogP) is 3.78. The van der Waals surface area contributed by atoms with E-state index in [9.17, 15) is 0 Å². The fraction of sp³-hybridized carbons (Fsp3) is 0.583. The van der Waals surface area contributed by atoms with E-state index in [1.807, 2.05) is 12.3 Å². The summed E-state index contributed by atoms with van der Waals surface area (Å²) < 4.78 is 1.12. The molecule has 0 saturated heterocycles. The summed E-state index contributed by atoms with van der Waals surface area (Å²) in [5.41, 5.74) is 1.24. The van der Waals surface area contributed by atoms with Crippen molar-refractivity contribution in [3.63, 3.8) is 0 Å². The summed E-state index contributed by atoms with van der Waals surface area (Å²) in [6, 6.07) is 2.51. The van der Waals surface area contributed by atoms with Crippen LogP contribution in [0.5, 0.6) is 0 Å². The van der Waals surface area contributed by atoms with Crippen LogP contribution in [0.15, 0.2) is 16.7 Å². The van der Waals surface area contributed by atoms with E-state index < -0.39 is 0 Å². The van der Waals surface area contributed by atoms with E-state index in [1.165, 1.54) is 5.56 Å². The van der Waals surface area contributed by atoms with Crippen LogP contribution in [0.25, 0.3) is 0 Å². The second-order valence-electron chi connectivity index (χ2n) is 4.05. The van der Waals surface area contributed by atoms with Crippen LogP contribution in [0.4, 0.5) is 5.82 Å². The molecule has 0 saturated carbocycles. The van der Waals surface area contributed by atoms with Crippen LogP contribution in [-0.2, 0) is 0 Å². The van der Waals surface area contributed by atoms with Crippen molar-refractivity contribution in [2.45, 2.75) is 40.2 Å². The number of halogens is 1. The van der Waals surface area contributed by atoms with Gasteiger partial charge in [0.05, 0.1) is 4.47 Å². The van der Waals surface area contributed by atoms with E-state index in [1.54, 1.807) is 0 Å². The molecule has 0 aliphatic rings. The average Bonchev–Trinajstić information content (AvgIpc) is 2.19. The van der Waals surface area contributed by atoms with Gasteiger partial charge in [0.1, 0.15) is 5.82 Å². The van der Waals surface area contributed by atoms with Crippen molar-refractivity contribution in [2.24, 2.45) is 0 Å². The summed E-state index contributed by atoms with van der Waals surface area (Å²) in [6.07, 6.45) is 3.01. The highest BCUT2D eigenvalue weighted by Gasteiger charge is 2.14. The van der Waals surface area contributed by atoms with Crippen molar-refractivity contribution < 1.29 is 0 Å². The third-order valence-corrected chi connectivity index (χ3v) is 3.40. The second-order valence-corrected chi connectivity index (χ2v) is 4.85. The van der Waals surface area contributed by atoms with Gasteiger partial charge in [-0.15, -0.1) is 0 Å². The molecule has 1 aromatic heterocycles. The van der Waals surface area contributed by atoms with Crippen LogP contribution in [-0.4, -0.2) is 17.6 Å². The second kappa shape index (κ2) is 5.50. The maximum atomic E-state index is 4.46. The third-order valence-electron chi connectivity index (χ3n) is 2.42. The molecule has 0 fully saturated rings. The van der Waals surface area contributed by atoms with E-state index >= 15 is 0 Å². The molecule has 0 N–H and O–H groups in total. The van der Waals surface area contributed by atoms with Gasteiger partial charge >= 0.3 is 0 Å². The van der Waals surface area contributed by atoms with Gasteiger partial charge in [-0.25, -0.2) is 4.98 Å². The molecule has 0 radical (unpaired) electrons. The number of anilines is 1. The molecule has 0 aliphatic carbocycles. The molecule has 0 spiro atoms. The standard InChI is InChI=1S/C12H19BrN2/c1-5-8-15(9(2)3)12-11(13)10(4)6-7-14-12/h6-7,9H,5,8H2,1-4H3. The Morgan fingerprint density at radius 2 is 2.13 bits per heavy atom. The zero-order valence-corrected chi connectivity index (χ0v) is 11.5. The minimum Gasteiger partial charge on any atom is -0.353 e. The van der Waals surface area contributed by atoms with Gasteiger partial charge in [0.25, 0.3) is 0 Å². The van der Waals surface area contributed by atoms with Crippen molar-refractivity contribution >= 4 is 21.7 Å². The van der Waals surface area contributed by atoms with Crippen LogP contribution in [0, 0.1) is 6.92 Å². The van der Waals surface area contributed by atoms with Crippen LogP contribution >= 0.6 is 15.9 Å². The average molecular weight is 271 g/mol. The van der Waals surface area contributed by atoms with Crippen LogP contribution in [0.2, 0.25) is 0 Å². The lowest BCUT2D eigenvalue weighted by Crippen LogP contribution is -2.32. The maximum Gasteiger partial charge on any atom is 0.143 e. The predicted molar refractivity (Wildman–Crippen MR) is 69.4 cm³/mol. The first-order valence-corrected chi connectivity index (χ1v) is 6.25. The molecule has 2 nitrogen and oxygen atoms in total. The van der Waals surface area contributed by atoms with Gasteiger partial charge in [-0.05, 0) is 54.8 Å². The first kappa shape index (κ1) is 12.5. The van der Waals surface area contributed by atoms with E-state index in [0.717, 1.165) is 23.3 Å². The number of aryl methyl sites for hydroxylation is 1. The van der Waals surface area contributed by atoms with E-state index in [2.05, 4.69) is 53.5 Å². The molecule has 0 atom stereocenters. The van der Waals surface area contributed by atoms with Gasteiger partial charge in [0, 0.05) is 18.8 Å². The highest BCUT2D eigenvalue weighted by molar-refractivity contribution is 9.10. The van der Waals surface area contributed by atoms with Crippen LogP contribution < -0.4 is 4.90 Å². The number of hydrogen-bond donors (Lipinski definition) is 0. The highest BCUT2D eigenvalue weighted by atomic mass is 79.9. The molecule has 0 bridgehead atoms. The van der Waals surface area contributed by atoms with Crippen molar-refractivity contribution in [1.82, 2.24) is 4.98 Å². The summed E-state index contributed by atoms with van der Waals surface area (Å²) in [7, 11) is 0. The topological polar surface area (TPSA) is 16.1 Å². The Hall–Kier alpha value is -0.570. The van der Waals surface area contributed by atoms with Crippen molar-refractivity contribution in [3.05, 3.63) is 22.3 Å². The molecular weight excluding hydrogens is 252 g/mol. The molecule has 0 aromatic carbocycles. The normalized spacial score (nSPS) is 10.8. The number of rotatable bonds is 4. The molecule has 1 rings (SSSR count). The van der Waals surface area contributed by atoms with Gasteiger partial charge in [-0.3, -0.25) is 0 Å². The smallest absolute Gasteiger partial charge is 0.143 e. The summed E-state index contributed by atoms with van der Waals surface area (Å²) in [6.45, 7) is 9.74. The lowest BCUT2D eigenvalue weighted by Gasteiger charge is -2.28. The van der Waals surface area contributed by atoms with Gasteiger partial charge in [-0.2, -0.15) is 0 Å². The minimum atomic E-state index is 0.482. The quantitative estimate of drug-likeness (QED) is 0.828. The van der Waals surface area contributed by atoms with Gasteiger partial charge in [0.2, 0.25) is 0 Å². The maximum absolute atomic E-state index is 4.46. The summed E-state index contributed by atoms with van der Waals surface area (Å²) in [5, 5.41) is 0. The van der Waals surface area contributed by atoms with Crippen LogP contribution in [0.1, 0.15) is 32.8 Å². The summed E-state index contributed by atoms with van der Waals surface area (Å²) in [5.74, 6) is 1.06. The number of aromatic nitrogens is 1. The van der Waals surface area contributed by atoms with Gasteiger partial charge in [-0.1, -0.05) is 6.92 Å². The summed E-state index contributed by atoms with van der Waals surface area (Å²) in [4.78, 5) is 6.79. The number of pyridine rings is 1. The molecule has 0 aliphatic heterocycles.